The molecule has 7 nitrogen and oxygen atoms in total. The van der Waals surface area contributed by atoms with Crippen LogP contribution in [0.15, 0.2) is 52.3 Å². The van der Waals surface area contributed by atoms with Gasteiger partial charge in [-0.1, -0.05) is 30.8 Å². The van der Waals surface area contributed by atoms with Gasteiger partial charge in [-0.15, -0.1) is 0 Å². The van der Waals surface area contributed by atoms with E-state index < -0.39 is 4.92 Å². The van der Waals surface area contributed by atoms with Gasteiger partial charge in [-0.05, 0) is 50.2 Å². The first-order valence-electron chi connectivity index (χ1n) is 9.26. The van der Waals surface area contributed by atoms with Gasteiger partial charge in [-0.25, -0.2) is 0 Å². The zero-order valence-electron chi connectivity index (χ0n) is 15.6. The molecule has 28 heavy (non-hydrogen) atoms. The van der Waals surface area contributed by atoms with Gasteiger partial charge in [0.2, 0.25) is 0 Å². The Morgan fingerprint density at radius 2 is 2.11 bits per heavy atom. The highest BCUT2D eigenvalue weighted by molar-refractivity contribution is 7.99. The molecule has 0 saturated carbocycles. The number of para-hydroxylation sites is 1. The number of nitrogens with zero attached hydrogens (tertiary/aromatic N) is 2. The maximum atomic E-state index is 12.5. The number of nitro groups is 1. The topological polar surface area (TPSA) is 95.7 Å². The van der Waals surface area contributed by atoms with Gasteiger partial charge in [0.05, 0.1) is 14.7 Å². The van der Waals surface area contributed by atoms with E-state index in [4.69, 9.17) is 0 Å². The highest BCUT2D eigenvalue weighted by atomic mass is 32.2. The molecule has 2 N–H and O–H groups in total. The molecule has 3 rings (SSSR count). The zero-order valence-corrected chi connectivity index (χ0v) is 16.4. The van der Waals surface area contributed by atoms with Crippen molar-refractivity contribution in [2.75, 3.05) is 19.6 Å². The Morgan fingerprint density at radius 1 is 1.32 bits per heavy atom. The van der Waals surface area contributed by atoms with Crippen LogP contribution in [-0.4, -0.2) is 46.5 Å². The number of aromatic hydroxyl groups is 1. The number of phenolic OH excluding ortho intramolecular Hbond substituents is 1. The van der Waals surface area contributed by atoms with E-state index in [9.17, 15) is 20.0 Å². The number of likely N-dealkylation sites (N-methyl/N-ethyl adjacent to an activating group) is 1. The Hall–Kier alpha value is -2.58. The quantitative estimate of drug-likeness (QED) is 0.543. The van der Waals surface area contributed by atoms with Gasteiger partial charge >= 0.3 is 0 Å². The van der Waals surface area contributed by atoms with Gasteiger partial charge in [0.25, 0.3) is 11.6 Å². The van der Waals surface area contributed by atoms with Crippen LogP contribution in [0.2, 0.25) is 0 Å². The summed E-state index contributed by atoms with van der Waals surface area (Å²) in [6.45, 7) is 4.63. The number of nitrogens with one attached hydrogen (secondary N) is 1. The molecule has 0 aliphatic carbocycles. The first-order chi connectivity index (χ1) is 13.5. The molecule has 0 radical (unpaired) electrons. The molecular weight excluding hydrogens is 378 g/mol. The molecule has 0 aromatic heterocycles. The summed E-state index contributed by atoms with van der Waals surface area (Å²) in [6, 6.07) is 11.4. The van der Waals surface area contributed by atoms with Gasteiger partial charge in [0.1, 0.15) is 5.75 Å². The summed E-state index contributed by atoms with van der Waals surface area (Å²) < 4.78 is 0. The third kappa shape index (κ3) is 4.63. The second-order valence-electron chi connectivity index (χ2n) is 6.64. The Balaban J connectivity index is 1.74. The molecule has 1 heterocycles. The monoisotopic (exact) mass is 401 g/mol. The summed E-state index contributed by atoms with van der Waals surface area (Å²) >= 11 is 1.10. The number of carbonyl (C=O) groups excluding carboxylic acids is 1. The molecule has 0 bridgehead atoms. The molecule has 8 heteroatoms. The summed E-state index contributed by atoms with van der Waals surface area (Å²) in [5.74, 6) is -0.258. The molecule has 1 saturated heterocycles. The third-order valence-electron chi connectivity index (χ3n) is 4.91. The van der Waals surface area contributed by atoms with Gasteiger partial charge < -0.3 is 10.4 Å². The Bertz CT molecular complexity index is 874. The van der Waals surface area contributed by atoms with Gasteiger partial charge in [0, 0.05) is 24.2 Å². The molecule has 1 amide bonds. The van der Waals surface area contributed by atoms with Crippen LogP contribution in [0.3, 0.4) is 0 Å². The van der Waals surface area contributed by atoms with E-state index >= 15 is 0 Å². The lowest BCUT2D eigenvalue weighted by Gasteiger charge is -2.22. The molecule has 2 aromatic rings. The fourth-order valence-corrected chi connectivity index (χ4v) is 4.33. The van der Waals surface area contributed by atoms with Crippen molar-refractivity contribution in [2.45, 2.75) is 35.6 Å². The van der Waals surface area contributed by atoms with Crippen LogP contribution in [0.1, 0.15) is 30.1 Å². The summed E-state index contributed by atoms with van der Waals surface area (Å²) in [4.78, 5) is 26.7. The average molecular weight is 401 g/mol. The number of nitro benzene ring substituents is 1. The van der Waals surface area contributed by atoms with Gasteiger partial charge in [-0.3, -0.25) is 19.8 Å². The maximum absolute atomic E-state index is 12.5. The number of hydrogen-bond acceptors (Lipinski definition) is 6. The van der Waals surface area contributed by atoms with E-state index in [2.05, 4.69) is 17.1 Å². The minimum atomic E-state index is -0.505. The van der Waals surface area contributed by atoms with Crippen molar-refractivity contribution in [3.05, 3.63) is 58.1 Å². The third-order valence-corrected chi connectivity index (χ3v) is 6.04. The minimum Gasteiger partial charge on any atom is -0.507 e. The highest BCUT2D eigenvalue weighted by Crippen LogP contribution is 2.39. The van der Waals surface area contributed by atoms with E-state index in [0.717, 1.165) is 37.7 Å². The first kappa shape index (κ1) is 20.2. The summed E-state index contributed by atoms with van der Waals surface area (Å²) in [5, 5.41) is 24.3. The van der Waals surface area contributed by atoms with Crippen molar-refractivity contribution in [1.82, 2.24) is 10.2 Å². The average Bonchev–Trinajstić information content (AvgIpc) is 3.15. The largest absolute Gasteiger partial charge is 0.507 e. The lowest BCUT2D eigenvalue weighted by atomic mass is 10.1. The SMILES string of the molecule is CCN1CCCC1CNC(=O)c1ccc(Sc2ccccc2O)c([N+](=O)[O-])c1. The van der Waals surface area contributed by atoms with Crippen LogP contribution in [0.4, 0.5) is 5.69 Å². The van der Waals surface area contributed by atoms with Crippen LogP contribution in [-0.2, 0) is 0 Å². The predicted molar refractivity (Wildman–Crippen MR) is 108 cm³/mol. The molecule has 1 aliphatic heterocycles. The van der Waals surface area contributed by atoms with Crippen LogP contribution < -0.4 is 5.32 Å². The van der Waals surface area contributed by atoms with Gasteiger partial charge in [-0.2, -0.15) is 0 Å². The highest BCUT2D eigenvalue weighted by Gasteiger charge is 2.24. The van der Waals surface area contributed by atoms with Crippen molar-refractivity contribution < 1.29 is 14.8 Å². The van der Waals surface area contributed by atoms with E-state index in [1.54, 1.807) is 30.3 Å². The summed E-state index contributed by atoms with van der Waals surface area (Å²) in [6.07, 6.45) is 2.17. The standard InChI is InChI=1S/C20H23N3O4S/c1-2-22-11-5-6-15(22)13-21-20(25)14-9-10-18(16(12-14)23(26)27)28-19-8-4-3-7-17(19)24/h3-4,7-10,12,15,24H,2,5-6,11,13H2,1H3,(H,21,25). The number of rotatable bonds is 7. The van der Waals surface area contributed by atoms with Crippen LogP contribution in [0.5, 0.6) is 5.75 Å². The molecular formula is C20H23N3O4S. The van der Waals surface area contributed by atoms with E-state index in [-0.39, 0.29) is 22.9 Å². The van der Waals surface area contributed by atoms with Crippen molar-refractivity contribution in [2.24, 2.45) is 0 Å². The summed E-state index contributed by atoms with van der Waals surface area (Å²) in [7, 11) is 0. The Labute approximate surface area is 167 Å². The van der Waals surface area contributed by atoms with Crippen LogP contribution >= 0.6 is 11.8 Å². The van der Waals surface area contributed by atoms with Crippen molar-refractivity contribution in [1.29, 1.82) is 0 Å². The van der Waals surface area contributed by atoms with E-state index in [1.165, 1.54) is 12.1 Å². The number of carbonyl (C=O) groups is 1. The summed E-state index contributed by atoms with van der Waals surface area (Å²) in [5.41, 5.74) is 0.103. The number of amides is 1. The lowest BCUT2D eigenvalue weighted by molar-refractivity contribution is -0.387. The molecule has 1 atom stereocenters. The number of likely N-dealkylation sites (tertiary alicyclic amines) is 1. The zero-order chi connectivity index (χ0) is 20.1. The smallest absolute Gasteiger partial charge is 0.284 e. The number of phenols is 1. The van der Waals surface area contributed by atoms with Crippen molar-refractivity contribution in [3.63, 3.8) is 0 Å². The minimum absolute atomic E-state index is 0.0562. The number of benzene rings is 2. The van der Waals surface area contributed by atoms with Gasteiger partial charge in [0.15, 0.2) is 0 Å². The molecule has 1 unspecified atom stereocenters. The second-order valence-corrected chi connectivity index (χ2v) is 7.73. The van der Waals surface area contributed by atoms with E-state index in [1.807, 2.05) is 0 Å². The van der Waals surface area contributed by atoms with Crippen LogP contribution in [0, 0.1) is 10.1 Å². The molecule has 2 aromatic carbocycles. The Morgan fingerprint density at radius 3 is 2.82 bits per heavy atom. The molecule has 148 valence electrons. The lowest BCUT2D eigenvalue weighted by Crippen LogP contribution is -2.40. The Kier molecular flexibility index (Phi) is 6.53. The number of hydrogen-bond donors (Lipinski definition) is 2. The first-order valence-corrected chi connectivity index (χ1v) is 10.1. The maximum Gasteiger partial charge on any atom is 0.284 e. The van der Waals surface area contributed by atoms with E-state index in [0.29, 0.717) is 22.4 Å². The van der Waals surface area contributed by atoms with Crippen LogP contribution in [0.25, 0.3) is 0 Å². The fourth-order valence-electron chi connectivity index (χ4n) is 3.40. The molecule has 1 aliphatic rings. The second kappa shape index (κ2) is 9.07. The predicted octanol–water partition coefficient (Wildman–Crippen LogP) is 3.67. The fraction of sp³-hybridized carbons (Fsp3) is 0.350. The van der Waals surface area contributed by atoms with Crippen molar-refractivity contribution >= 4 is 23.4 Å². The molecule has 1 fully saturated rings. The van der Waals surface area contributed by atoms with Crippen molar-refractivity contribution in [3.8, 4) is 5.75 Å². The molecule has 0 spiro atoms. The normalized spacial score (nSPS) is 16.8.